The summed E-state index contributed by atoms with van der Waals surface area (Å²) in [5.74, 6) is -2.87. The number of carbonyl (C=O) groups is 2. The van der Waals surface area contributed by atoms with Crippen LogP contribution in [0, 0.1) is 11.7 Å². The van der Waals surface area contributed by atoms with E-state index in [9.17, 15) is 23.1 Å². The second kappa shape index (κ2) is 12.7. The van der Waals surface area contributed by atoms with E-state index in [4.69, 9.17) is 10.5 Å². The molecule has 1 aromatic heterocycles. The minimum atomic E-state index is -3.85. The number of aromatic nitrogens is 1. The number of hydrogen-bond donors (Lipinski definition) is 3. The van der Waals surface area contributed by atoms with E-state index in [-0.39, 0.29) is 29.0 Å². The topological polar surface area (TPSA) is 152 Å². The van der Waals surface area contributed by atoms with E-state index in [1.165, 1.54) is 29.2 Å². The average molecular weight is 635 g/mol. The summed E-state index contributed by atoms with van der Waals surface area (Å²) in [7, 11) is -3.85. The zero-order chi connectivity index (χ0) is 32.5. The van der Waals surface area contributed by atoms with Gasteiger partial charge < -0.3 is 25.8 Å². The van der Waals surface area contributed by atoms with E-state index in [2.05, 4.69) is 10.3 Å². The highest BCUT2D eigenvalue weighted by atomic mass is 32.2. The van der Waals surface area contributed by atoms with E-state index < -0.39 is 50.8 Å². The first-order chi connectivity index (χ1) is 21.4. The van der Waals surface area contributed by atoms with Gasteiger partial charge in [-0.3, -0.25) is 9.59 Å². The quantitative estimate of drug-likeness (QED) is 0.209. The lowest BCUT2D eigenvalue weighted by Gasteiger charge is -2.33. The van der Waals surface area contributed by atoms with Crippen LogP contribution in [0.25, 0.3) is 10.8 Å². The molecular formula is C33H35FN4O6S. The van der Waals surface area contributed by atoms with Crippen molar-refractivity contribution < 1.29 is 32.2 Å². The van der Waals surface area contributed by atoms with Crippen LogP contribution in [0.3, 0.4) is 0 Å². The molecule has 0 aliphatic carbocycles. The first-order valence-electron chi connectivity index (χ1n) is 14.6. The standard InChI is InChI=1S/C33H35FN4O6S/c1-4-44-22-10-12-27(34)26(18-22)29(37-21-9-11-23-20(17-21)13-15-36-31(23)35)32(39)38-16-14-25(33(40)41)30(38)24-7-5-6-8-28(24)45(42,43)19(2)3/h5-13,15,17-19,25,29-30,37H,4,14,16H2,1-3H3,(H2,35,36)(H,40,41). The summed E-state index contributed by atoms with van der Waals surface area (Å²) >= 11 is 0. The van der Waals surface area contributed by atoms with Crippen LogP contribution in [0.4, 0.5) is 15.9 Å². The van der Waals surface area contributed by atoms with Gasteiger partial charge in [-0.25, -0.2) is 17.8 Å². The van der Waals surface area contributed by atoms with Gasteiger partial charge in [-0.15, -0.1) is 0 Å². The first kappa shape index (κ1) is 31.7. The summed E-state index contributed by atoms with van der Waals surface area (Å²) in [6.07, 6.45) is 1.64. The number of rotatable bonds is 10. The lowest BCUT2D eigenvalue weighted by molar-refractivity contribution is -0.143. The maximum atomic E-state index is 15.6. The third-order valence-corrected chi connectivity index (χ3v) is 10.3. The number of carboxylic acid groups (broad SMARTS) is 1. The van der Waals surface area contributed by atoms with Crippen LogP contribution in [0.5, 0.6) is 5.75 Å². The number of amides is 1. The fourth-order valence-corrected chi connectivity index (χ4v) is 7.11. The molecule has 3 unspecified atom stereocenters. The Balaban J connectivity index is 1.64. The predicted molar refractivity (Wildman–Crippen MR) is 169 cm³/mol. The number of aliphatic carboxylic acids is 1. The molecule has 4 N–H and O–H groups in total. The lowest BCUT2D eigenvalue weighted by atomic mass is 9.93. The number of likely N-dealkylation sites (tertiary alicyclic amines) is 1. The number of sulfone groups is 1. The number of ether oxygens (including phenoxy) is 1. The van der Waals surface area contributed by atoms with E-state index in [1.807, 2.05) is 0 Å². The first-order valence-corrected chi connectivity index (χ1v) is 16.2. The van der Waals surface area contributed by atoms with Gasteiger partial charge in [0.05, 0.1) is 28.7 Å². The van der Waals surface area contributed by atoms with Crippen molar-refractivity contribution in [1.29, 1.82) is 0 Å². The smallest absolute Gasteiger partial charge is 0.309 e. The molecule has 1 aliphatic heterocycles. The minimum absolute atomic E-state index is 0.0131. The number of anilines is 2. The van der Waals surface area contributed by atoms with Gasteiger partial charge in [0.1, 0.15) is 23.4 Å². The maximum Gasteiger partial charge on any atom is 0.309 e. The normalized spacial score (nSPS) is 17.4. The van der Waals surface area contributed by atoms with Gasteiger partial charge in [0, 0.05) is 29.4 Å². The highest BCUT2D eigenvalue weighted by Gasteiger charge is 2.46. The van der Waals surface area contributed by atoms with Crippen LogP contribution in [-0.2, 0) is 19.4 Å². The number of nitrogen functional groups attached to an aromatic ring is 1. The number of nitrogens with two attached hydrogens (primary N) is 1. The van der Waals surface area contributed by atoms with Gasteiger partial charge in [-0.1, -0.05) is 18.2 Å². The van der Waals surface area contributed by atoms with E-state index in [1.54, 1.807) is 69.4 Å². The molecule has 1 saturated heterocycles. The minimum Gasteiger partial charge on any atom is -0.494 e. The molecule has 5 rings (SSSR count). The van der Waals surface area contributed by atoms with E-state index in [0.717, 1.165) is 5.39 Å². The number of halogens is 1. The predicted octanol–water partition coefficient (Wildman–Crippen LogP) is 5.36. The Hall–Kier alpha value is -4.71. The van der Waals surface area contributed by atoms with Gasteiger partial charge >= 0.3 is 5.97 Å². The number of pyridine rings is 1. The Bertz CT molecular complexity index is 1870. The third-order valence-electron chi connectivity index (χ3n) is 8.11. The number of fused-ring (bicyclic) bond motifs is 1. The zero-order valence-electron chi connectivity index (χ0n) is 25.1. The number of nitrogens with zero attached hydrogens (tertiary/aromatic N) is 2. The fraction of sp³-hybridized carbons (Fsp3) is 0.303. The summed E-state index contributed by atoms with van der Waals surface area (Å²) in [5.41, 5.74) is 6.69. The Morgan fingerprint density at radius 2 is 1.89 bits per heavy atom. The molecule has 0 saturated carbocycles. The van der Waals surface area contributed by atoms with Crippen molar-refractivity contribution in [2.45, 2.75) is 49.4 Å². The van der Waals surface area contributed by atoms with Crippen LogP contribution >= 0.6 is 0 Å². The molecule has 10 nitrogen and oxygen atoms in total. The molecule has 1 amide bonds. The Morgan fingerprint density at radius 3 is 2.60 bits per heavy atom. The van der Waals surface area contributed by atoms with Gasteiger partial charge in [0.2, 0.25) is 5.91 Å². The molecule has 0 spiro atoms. The highest BCUT2D eigenvalue weighted by molar-refractivity contribution is 7.92. The SMILES string of the molecule is CCOc1ccc(F)c(C(Nc2ccc3c(N)nccc3c2)C(=O)N2CCC(C(=O)O)C2c2ccccc2S(=O)(=O)C(C)C)c1. The number of hydrogen-bond acceptors (Lipinski definition) is 8. The summed E-state index contributed by atoms with van der Waals surface area (Å²) in [6.45, 7) is 5.19. The fourth-order valence-electron chi connectivity index (χ4n) is 5.82. The number of carboxylic acids is 1. The maximum absolute atomic E-state index is 15.6. The van der Waals surface area contributed by atoms with Crippen molar-refractivity contribution in [1.82, 2.24) is 9.88 Å². The molecule has 0 radical (unpaired) electrons. The Kier molecular flexibility index (Phi) is 8.96. The molecule has 1 aliphatic rings. The third kappa shape index (κ3) is 6.15. The van der Waals surface area contributed by atoms with Crippen molar-refractivity contribution in [2.75, 3.05) is 24.2 Å². The van der Waals surface area contributed by atoms with Gasteiger partial charge in [0.25, 0.3) is 0 Å². The van der Waals surface area contributed by atoms with Crippen LogP contribution in [0.15, 0.2) is 77.8 Å². The van der Waals surface area contributed by atoms with Gasteiger partial charge in [-0.05, 0) is 86.7 Å². The number of carbonyl (C=O) groups excluding carboxylic acids is 1. The molecule has 3 aromatic carbocycles. The number of nitrogens with one attached hydrogen (secondary N) is 1. The second-order valence-corrected chi connectivity index (χ2v) is 13.6. The molecule has 236 valence electrons. The van der Waals surface area contributed by atoms with E-state index >= 15 is 4.39 Å². The number of benzene rings is 3. The molecule has 0 bridgehead atoms. The van der Waals surface area contributed by atoms with Crippen molar-refractivity contribution in [3.05, 3.63) is 89.9 Å². The summed E-state index contributed by atoms with van der Waals surface area (Å²) in [6, 6.07) is 14.8. The summed E-state index contributed by atoms with van der Waals surface area (Å²) in [5, 5.41) is 14.0. The Morgan fingerprint density at radius 1 is 1.13 bits per heavy atom. The van der Waals surface area contributed by atoms with Gasteiger partial charge in [0.15, 0.2) is 9.84 Å². The molecule has 2 heterocycles. The molecule has 3 atom stereocenters. The zero-order valence-corrected chi connectivity index (χ0v) is 25.9. The van der Waals surface area contributed by atoms with Gasteiger partial charge in [-0.2, -0.15) is 0 Å². The van der Waals surface area contributed by atoms with Crippen molar-refractivity contribution >= 4 is 44.0 Å². The largest absolute Gasteiger partial charge is 0.494 e. The van der Waals surface area contributed by atoms with Crippen LogP contribution in [-0.4, -0.2) is 53.7 Å². The summed E-state index contributed by atoms with van der Waals surface area (Å²) < 4.78 is 48.0. The monoisotopic (exact) mass is 634 g/mol. The Labute approximate surface area is 260 Å². The van der Waals surface area contributed by atoms with Crippen molar-refractivity contribution in [2.24, 2.45) is 5.92 Å². The van der Waals surface area contributed by atoms with Crippen LogP contribution in [0.2, 0.25) is 0 Å². The van der Waals surface area contributed by atoms with E-state index in [0.29, 0.717) is 29.2 Å². The second-order valence-electron chi connectivity index (χ2n) is 11.2. The molecule has 4 aromatic rings. The summed E-state index contributed by atoms with van der Waals surface area (Å²) in [4.78, 5) is 32.5. The van der Waals surface area contributed by atoms with Crippen LogP contribution in [0.1, 0.15) is 50.4 Å². The molecule has 45 heavy (non-hydrogen) atoms. The molecule has 1 fully saturated rings. The van der Waals surface area contributed by atoms with Crippen molar-refractivity contribution in [3.8, 4) is 5.75 Å². The molecular weight excluding hydrogens is 599 g/mol. The van der Waals surface area contributed by atoms with Crippen molar-refractivity contribution in [3.63, 3.8) is 0 Å². The lowest BCUT2D eigenvalue weighted by Crippen LogP contribution is -2.40. The average Bonchev–Trinajstić information content (AvgIpc) is 3.46. The van der Waals surface area contributed by atoms with Crippen LogP contribution < -0.4 is 15.8 Å². The highest BCUT2D eigenvalue weighted by Crippen LogP contribution is 2.43. The molecule has 12 heteroatoms.